The van der Waals surface area contributed by atoms with Crippen LogP contribution in [0.15, 0.2) is 0 Å². The second-order valence-electron chi connectivity index (χ2n) is 2.85. The Morgan fingerprint density at radius 2 is 2.08 bits per heavy atom. The lowest BCUT2D eigenvalue weighted by atomic mass is 10.1. The van der Waals surface area contributed by atoms with Gasteiger partial charge in [0.05, 0.1) is 12.0 Å². The maximum atomic E-state index is 11.2. The summed E-state index contributed by atoms with van der Waals surface area (Å²) in [5.74, 6) is -0.829. The van der Waals surface area contributed by atoms with Crippen molar-refractivity contribution < 1.29 is 20.1 Å². The number of carbonyl (C=O) groups is 1. The summed E-state index contributed by atoms with van der Waals surface area (Å²) < 4.78 is 31.9. The summed E-state index contributed by atoms with van der Waals surface area (Å²) in [6, 6.07) is 0. The molecule has 0 aliphatic rings. The van der Waals surface area contributed by atoms with Crippen LogP contribution in [0.3, 0.4) is 0 Å². The molecule has 0 radical (unpaired) electrons. The van der Waals surface area contributed by atoms with Gasteiger partial charge in [-0.25, -0.2) is 0 Å². The van der Waals surface area contributed by atoms with Gasteiger partial charge in [0.25, 0.3) is 0 Å². The monoisotopic (exact) mass is 192 g/mol. The zero-order valence-electron chi connectivity index (χ0n) is 12.0. The first-order chi connectivity index (χ1) is 7.70. The molecule has 3 nitrogen and oxygen atoms in total. The highest BCUT2D eigenvalue weighted by Gasteiger charge is 2.00. The molecular formula is C10H20O3. The number of rotatable bonds is 8. The first-order valence-electron chi connectivity index (χ1n) is 6.65. The van der Waals surface area contributed by atoms with Crippen molar-refractivity contribution in [1.29, 1.82) is 0 Å². The van der Waals surface area contributed by atoms with Crippen LogP contribution < -0.4 is 0 Å². The molecule has 0 aromatic heterocycles. The number of hydrogen-bond acceptors (Lipinski definition) is 3. The van der Waals surface area contributed by atoms with Crippen molar-refractivity contribution in [1.82, 2.24) is 0 Å². The van der Waals surface area contributed by atoms with Gasteiger partial charge in [0.2, 0.25) is 0 Å². The lowest BCUT2D eigenvalue weighted by Gasteiger charge is -2.02. The highest BCUT2D eigenvalue weighted by Crippen LogP contribution is 2.05. The van der Waals surface area contributed by atoms with Gasteiger partial charge in [-0.1, -0.05) is 32.6 Å². The van der Waals surface area contributed by atoms with Gasteiger partial charge in [-0.2, -0.15) is 0 Å². The molecule has 3 heteroatoms. The van der Waals surface area contributed by atoms with Crippen LogP contribution in [-0.2, 0) is 9.53 Å². The molecule has 78 valence electrons. The van der Waals surface area contributed by atoms with E-state index in [0.29, 0.717) is 6.42 Å². The molecule has 0 spiro atoms. The van der Waals surface area contributed by atoms with E-state index in [0.717, 1.165) is 25.7 Å². The first-order valence-corrected chi connectivity index (χ1v) is 4.65. The summed E-state index contributed by atoms with van der Waals surface area (Å²) in [6.45, 7) is -4.12. The Labute approximate surface area is 85.7 Å². The van der Waals surface area contributed by atoms with E-state index in [-0.39, 0.29) is 6.42 Å². The van der Waals surface area contributed by atoms with Crippen molar-refractivity contribution in [3.8, 4) is 0 Å². The number of esters is 1. The SMILES string of the molecule is [2H]C([2H])(O)C([2H])([2H])OC(=O)CCCCCCC. The van der Waals surface area contributed by atoms with Crippen LogP contribution >= 0.6 is 0 Å². The maximum absolute atomic E-state index is 11.2. The third kappa shape index (κ3) is 9.34. The Kier molecular flexibility index (Phi) is 4.99. The van der Waals surface area contributed by atoms with Gasteiger partial charge in [-0.15, -0.1) is 0 Å². The fourth-order valence-corrected chi connectivity index (χ4v) is 1.00. The van der Waals surface area contributed by atoms with Gasteiger partial charge in [0, 0.05) is 6.42 Å². The van der Waals surface area contributed by atoms with Crippen molar-refractivity contribution in [2.45, 2.75) is 45.4 Å². The molecule has 13 heavy (non-hydrogen) atoms. The lowest BCUT2D eigenvalue weighted by Crippen LogP contribution is -2.07. The van der Waals surface area contributed by atoms with E-state index in [2.05, 4.69) is 11.7 Å². The van der Waals surface area contributed by atoms with Crippen LogP contribution in [0, 0.1) is 0 Å². The lowest BCUT2D eigenvalue weighted by molar-refractivity contribution is -0.144. The molecule has 0 saturated carbocycles. The van der Waals surface area contributed by atoms with Crippen molar-refractivity contribution in [2.24, 2.45) is 0 Å². The zero-order chi connectivity index (χ0) is 13.5. The second-order valence-corrected chi connectivity index (χ2v) is 2.85. The van der Waals surface area contributed by atoms with Crippen LogP contribution in [0.4, 0.5) is 0 Å². The minimum atomic E-state index is -3.19. The molecule has 0 bridgehead atoms. The molecule has 0 heterocycles. The molecule has 0 fully saturated rings. The average Bonchev–Trinajstić information content (AvgIpc) is 2.14. The molecule has 0 rings (SSSR count). The Bertz CT molecular complexity index is 238. The number of ether oxygens (including phenoxy) is 1. The van der Waals surface area contributed by atoms with Crippen LogP contribution in [-0.4, -0.2) is 24.2 Å². The Balaban J connectivity index is 3.87. The number of hydrogen-bond donors (Lipinski definition) is 1. The van der Waals surface area contributed by atoms with Crippen molar-refractivity contribution in [3.63, 3.8) is 0 Å². The topological polar surface area (TPSA) is 46.5 Å². The van der Waals surface area contributed by atoms with Gasteiger partial charge >= 0.3 is 5.97 Å². The second kappa shape index (κ2) is 9.52. The Morgan fingerprint density at radius 3 is 2.69 bits per heavy atom. The molecular weight excluding hydrogens is 168 g/mol. The first kappa shape index (κ1) is 6.82. The van der Waals surface area contributed by atoms with Crippen LogP contribution in [0.25, 0.3) is 0 Å². The van der Waals surface area contributed by atoms with Gasteiger partial charge in [0.1, 0.15) is 6.56 Å². The van der Waals surface area contributed by atoms with Gasteiger partial charge in [-0.05, 0) is 6.42 Å². The molecule has 0 aliphatic carbocycles. The van der Waals surface area contributed by atoms with Gasteiger partial charge < -0.3 is 9.84 Å². The summed E-state index contributed by atoms with van der Waals surface area (Å²) >= 11 is 0. The summed E-state index contributed by atoms with van der Waals surface area (Å²) in [4.78, 5) is 11.2. The highest BCUT2D eigenvalue weighted by molar-refractivity contribution is 5.69. The van der Waals surface area contributed by atoms with Crippen molar-refractivity contribution in [2.75, 3.05) is 13.1 Å². The van der Waals surface area contributed by atoms with E-state index in [1.807, 2.05) is 0 Å². The molecule has 0 atom stereocenters. The number of unbranched alkanes of at least 4 members (excludes halogenated alkanes) is 4. The normalized spacial score (nSPS) is 16.8. The molecule has 0 amide bonds. The van der Waals surface area contributed by atoms with Crippen molar-refractivity contribution in [3.05, 3.63) is 0 Å². The number of carbonyl (C=O) groups excluding carboxylic acids is 1. The molecule has 1 N–H and O–H groups in total. The average molecular weight is 192 g/mol. The fraction of sp³-hybridized carbons (Fsp3) is 0.900. The van der Waals surface area contributed by atoms with E-state index >= 15 is 0 Å². The third-order valence-electron chi connectivity index (χ3n) is 1.69. The zero-order valence-corrected chi connectivity index (χ0v) is 8.01. The Hall–Kier alpha value is -0.570. The maximum Gasteiger partial charge on any atom is 0.305 e. The minimum Gasteiger partial charge on any atom is -0.463 e. The third-order valence-corrected chi connectivity index (χ3v) is 1.69. The molecule has 0 aromatic carbocycles. The molecule has 0 saturated heterocycles. The predicted octanol–water partition coefficient (Wildman–Crippen LogP) is 1.88. The quantitative estimate of drug-likeness (QED) is 0.472. The summed E-state index contributed by atoms with van der Waals surface area (Å²) in [5.41, 5.74) is 0. The van der Waals surface area contributed by atoms with Crippen LogP contribution in [0.5, 0.6) is 0 Å². The number of aliphatic hydroxyl groups is 1. The van der Waals surface area contributed by atoms with Gasteiger partial charge in [-0.3, -0.25) is 4.79 Å². The van der Waals surface area contributed by atoms with E-state index < -0.39 is 19.1 Å². The standard InChI is InChI=1S/C10H20O3/c1-2-3-4-5-6-7-10(12)13-9-8-11/h11H,2-9H2,1H3/i8D2,9D2. The fourth-order valence-electron chi connectivity index (χ4n) is 1.00. The predicted molar refractivity (Wildman–Crippen MR) is 51.4 cm³/mol. The van der Waals surface area contributed by atoms with Gasteiger partial charge in [0.15, 0.2) is 0 Å². The summed E-state index contributed by atoms with van der Waals surface area (Å²) in [7, 11) is 0. The summed E-state index contributed by atoms with van der Waals surface area (Å²) in [5, 5.41) is 8.82. The van der Waals surface area contributed by atoms with Crippen molar-refractivity contribution >= 4 is 5.97 Å². The van der Waals surface area contributed by atoms with Crippen LogP contribution in [0.1, 0.15) is 50.9 Å². The molecule has 0 aliphatic heterocycles. The van der Waals surface area contributed by atoms with Crippen LogP contribution in [0.2, 0.25) is 0 Å². The largest absolute Gasteiger partial charge is 0.463 e. The smallest absolute Gasteiger partial charge is 0.305 e. The molecule has 0 unspecified atom stereocenters. The minimum absolute atomic E-state index is 0.0410. The molecule has 0 aromatic rings. The Morgan fingerprint density at radius 1 is 1.38 bits per heavy atom. The van der Waals surface area contributed by atoms with E-state index in [1.54, 1.807) is 0 Å². The highest BCUT2D eigenvalue weighted by atomic mass is 16.5. The van der Waals surface area contributed by atoms with E-state index in [1.165, 1.54) is 0 Å². The summed E-state index contributed by atoms with van der Waals surface area (Å²) in [6.07, 6.45) is 4.69. The van der Waals surface area contributed by atoms with E-state index in [4.69, 9.17) is 10.6 Å². The van der Waals surface area contributed by atoms with E-state index in [9.17, 15) is 4.79 Å².